The number of hydrogen-bond donors (Lipinski definition) is 1. The number of benzene rings is 1. The number of likely N-dealkylation sites (N-methyl/N-ethyl adjacent to an activating group) is 1. The lowest BCUT2D eigenvalue weighted by atomic mass is 10.2. The second-order valence-electron chi connectivity index (χ2n) is 5.93. The van der Waals surface area contributed by atoms with Gasteiger partial charge in [-0.1, -0.05) is 0 Å². The number of fused-ring (bicyclic) bond motifs is 1. The Labute approximate surface area is 147 Å². The summed E-state index contributed by atoms with van der Waals surface area (Å²) in [4.78, 5) is 44.2. The van der Waals surface area contributed by atoms with E-state index in [2.05, 4.69) is 9.97 Å². The molecule has 2 heterocycles. The van der Waals surface area contributed by atoms with E-state index in [4.69, 9.17) is 0 Å². The molecule has 0 bridgehead atoms. The first-order valence-electron chi connectivity index (χ1n) is 8.01. The predicted molar refractivity (Wildman–Crippen MR) is 94.4 cm³/mol. The van der Waals surface area contributed by atoms with Crippen LogP contribution >= 0.6 is 0 Å². The minimum atomic E-state index is -0.893. The number of carbonyl (C=O) groups excluding carboxylic acids is 1. The van der Waals surface area contributed by atoms with Gasteiger partial charge in [-0.15, -0.1) is 0 Å². The van der Waals surface area contributed by atoms with Crippen LogP contribution in [0.2, 0.25) is 0 Å². The normalized spacial score (nSPS) is 10.8. The van der Waals surface area contributed by atoms with E-state index in [1.54, 1.807) is 19.4 Å². The highest BCUT2D eigenvalue weighted by atomic mass is 19.1. The van der Waals surface area contributed by atoms with Crippen LogP contribution in [0.1, 0.15) is 5.56 Å². The Kier molecular flexibility index (Phi) is 4.92. The molecule has 8 heteroatoms. The monoisotopic (exact) mass is 356 g/mol. The molecule has 0 saturated carbocycles. The Bertz CT molecular complexity index is 1060. The van der Waals surface area contributed by atoms with Gasteiger partial charge in [0.05, 0.1) is 11.0 Å². The van der Waals surface area contributed by atoms with Gasteiger partial charge in [0.1, 0.15) is 12.4 Å². The highest BCUT2D eigenvalue weighted by Gasteiger charge is 2.15. The number of aromatic amines is 1. The molecule has 0 aliphatic carbocycles. The highest BCUT2D eigenvalue weighted by Crippen LogP contribution is 2.10. The third kappa shape index (κ3) is 3.69. The van der Waals surface area contributed by atoms with Gasteiger partial charge in [0, 0.05) is 26.0 Å². The summed E-state index contributed by atoms with van der Waals surface area (Å²) < 4.78 is 14.4. The van der Waals surface area contributed by atoms with Gasteiger partial charge in [-0.2, -0.15) is 0 Å². The first-order valence-corrected chi connectivity index (χ1v) is 8.01. The van der Waals surface area contributed by atoms with Crippen molar-refractivity contribution in [1.29, 1.82) is 0 Å². The van der Waals surface area contributed by atoms with E-state index in [-0.39, 0.29) is 18.0 Å². The second-order valence-corrected chi connectivity index (χ2v) is 5.93. The summed E-state index contributed by atoms with van der Waals surface area (Å²) >= 11 is 0. The van der Waals surface area contributed by atoms with Gasteiger partial charge in [-0.05, 0) is 42.3 Å². The summed E-state index contributed by atoms with van der Waals surface area (Å²) in [5, 5.41) is 0. The van der Waals surface area contributed by atoms with Crippen LogP contribution in [-0.4, -0.2) is 38.9 Å². The third-order valence-corrected chi connectivity index (χ3v) is 4.14. The molecule has 0 aliphatic heterocycles. The summed E-state index contributed by atoms with van der Waals surface area (Å²) in [5.41, 5.74) is -0.238. The van der Waals surface area contributed by atoms with Crippen LogP contribution in [0.3, 0.4) is 0 Å². The minimum Gasteiger partial charge on any atom is -0.344 e. The van der Waals surface area contributed by atoms with E-state index in [1.807, 2.05) is 12.1 Å². The zero-order chi connectivity index (χ0) is 18.7. The van der Waals surface area contributed by atoms with Crippen LogP contribution in [0.25, 0.3) is 11.0 Å². The average Bonchev–Trinajstić information content (AvgIpc) is 2.64. The summed E-state index contributed by atoms with van der Waals surface area (Å²) in [7, 11) is 1.63. The fourth-order valence-electron chi connectivity index (χ4n) is 2.64. The predicted octanol–water partition coefficient (Wildman–Crippen LogP) is 0.925. The molecule has 7 nitrogen and oxygen atoms in total. The molecule has 2 aromatic heterocycles. The molecule has 0 unspecified atom stereocenters. The molecule has 1 aromatic carbocycles. The summed E-state index contributed by atoms with van der Waals surface area (Å²) in [6.45, 7) is 0.158. The van der Waals surface area contributed by atoms with Crippen molar-refractivity contribution in [3.05, 3.63) is 74.8 Å². The zero-order valence-electron chi connectivity index (χ0n) is 14.1. The summed E-state index contributed by atoms with van der Waals surface area (Å²) in [5.74, 6) is -0.864. The molecule has 1 amide bonds. The molecule has 26 heavy (non-hydrogen) atoms. The first-order chi connectivity index (χ1) is 12.5. The summed E-state index contributed by atoms with van der Waals surface area (Å²) in [6, 6.07) is 7.38. The maximum Gasteiger partial charge on any atom is 0.317 e. The maximum atomic E-state index is 13.4. The van der Waals surface area contributed by atoms with E-state index in [9.17, 15) is 18.8 Å². The van der Waals surface area contributed by atoms with Crippen LogP contribution < -0.4 is 11.1 Å². The van der Waals surface area contributed by atoms with E-state index < -0.39 is 16.9 Å². The first kappa shape index (κ1) is 17.5. The fraction of sp³-hybridized carbons (Fsp3) is 0.222. The van der Waals surface area contributed by atoms with Gasteiger partial charge in [-0.25, -0.2) is 4.39 Å². The molecular weight excluding hydrogens is 339 g/mol. The maximum absolute atomic E-state index is 13.4. The standard InChI is InChI=1S/C18H17FN4O3/c1-22(9-6-12-4-7-20-8-5-12)16(24)11-23-15-3-2-13(19)10-14(15)21-17(25)18(23)26/h2-5,7-8,10H,6,9,11H2,1H3,(H,21,25). The molecule has 0 saturated heterocycles. The Balaban J connectivity index is 1.81. The van der Waals surface area contributed by atoms with Gasteiger partial charge in [-0.3, -0.25) is 23.9 Å². The fourth-order valence-corrected chi connectivity index (χ4v) is 2.64. The molecule has 134 valence electrons. The molecular formula is C18H17FN4O3. The zero-order valence-corrected chi connectivity index (χ0v) is 14.1. The molecule has 0 aliphatic rings. The Morgan fingerprint density at radius 3 is 2.69 bits per heavy atom. The van der Waals surface area contributed by atoms with E-state index in [0.717, 1.165) is 16.2 Å². The molecule has 3 aromatic rings. The van der Waals surface area contributed by atoms with Crippen molar-refractivity contribution >= 4 is 16.9 Å². The van der Waals surface area contributed by atoms with Gasteiger partial charge in [0.25, 0.3) is 0 Å². The molecule has 1 N–H and O–H groups in total. The number of pyridine rings is 1. The lowest BCUT2D eigenvalue weighted by Gasteiger charge is -2.18. The van der Waals surface area contributed by atoms with Crippen LogP contribution in [0.5, 0.6) is 0 Å². The van der Waals surface area contributed by atoms with Crippen LogP contribution in [0.4, 0.5) is 4.39 Å². The van der Waals surface area contributed by atoms with E-state index >= 15 is 0 Å². The molecule has 0 fully saturated rings. The SMILES string of the molecule is CN(CCc1ccncc1)C(=O)Cn1c(=O)c(=O)[nH]c2cc(F)ccc21. The number of carbonyl (C=O) groups is 1. The van der Waals surface area contributed by atoms with Crippen molar-refractivity contribution in [3.63, 3.8) is 0 Å². The Hall–Kier alpha value is -3.29. The van der Waals surface area contributed by atoms with Crippen LogP contribution in [0, 0.1) is 5.82 Å². The second kappa shape index (κ2) is 7.30. The minimum absolute atomic E-state index is 0.168. The molecule has 3 rings (SSSR count). The van der Waals surface area contributed by atoms with Gasteiger partial charge >= 0.3 is 11.1 Å². The van der Waals surface area contributed by atoms with Crippen molar-refractivity contribution in [3.8, 4) is 0 Å². The number of nitrogens with zero attached hydrogens (tertiary/aromatic N) is 3. The third-order valence-electron chi connectivity index (χ3n) is 4.14. The molecule has 0 atom stereocenters. The number of aromatic nitrogens is 3. The van der Waals surface area contributed by atoms with Crippen molar-refractivity contribution in [1.82, 2.24) is 19.4 Å². The van der Waals surface area contributed by atoms with Crippen LogP contribution in [0.15, 0.2) is 52.3 Å². The lowest BCUT2D eigenvalue weighted by Crippen LogP contribution is -2.41. The number of amides is 1. The largest absolute Gasteiger partial charge is 0.344 e. The Morgan fingerprint density at radius 1 is 1.23 bits per heavy atom. The summed E-state index contributed by atoms with van der Waals surface area (Å²) in [6.07, 6.45) is 4.00. The smallest absolute Gasteiger partial charge is 0.317 e. The van der Waals surface area contributed by atoms with Crippen molar-refractivity contribution < 1.29 is 9.18 Å². The number of rotatable bonds is 5. The average molecular weight is 356 g/mol. The highest BCUT2D eigenvalue weighted by molar-refractivity contribution is 5.80. The Morgan fingerprint density at radius 2 is 1.96 bits per heavy atom. The van der Waals surface area contributed by atoms with Gasteiger partial charge in [0.2, 0.25) is 5.91 Å². The lowest BCUT2D eigenvalue weighted by molar-refractivity contribution is -0.130. The topological polar surface area (TPSA) is 88.1 Å². The van der Waals surface area contributed by atoms with Crippen molar-refractivity contribution in [2.24, 2.45) is 0 Å². The van der Waals surface area contributed by atoms with E-state index in [1.165, 1.54) is 17.0 Å². The van der Waals surface area contributed by atoms with E-state index in [0.29, 0.717) is 18.5 Å². The van der Waals surface area contributed by atoms with Gasteiger partial charge < -0.3 is 9.88 Å². The number of hydrogen-bond acceptors (Lipinski definition) is 4. The molecule has 0 spiro atoms. The number of H-pyrrole nitrogens is 1. The van der Waals surface area contributed by atoms with Crippen molar-refractivity contribution in [2.75, 3.05) is 13.6 Å². The van der Waals surface area contributed by atoms with Crippen LogP contribution in [-0.2, 0) is 17.8 Å². The molecule has 0 radical (unpaired) electrons. The van der Waals surface area contributed by atoms with Gasteiger partial charge in [0.15, 0.2) is 0 Å². The van der Waals surface area contributed by atoms with Crippen molar-refractivity contribution in [2.45, 2.75) is 13.0 Å². The number of halogens is 1. The number of nitrogens with one attached hydrogen (secondary N) is 1. The quantitative estimate of drug-likeness (QED) is 0.689.